The number of hydrogen-bond donors (Lipinski definition) is 2. The molecule has 2 N–H and O–H groups in total. The maximum atomic E-state index is 13.3. The predicted molar refractivity (Wildman–Crippen MR) is 81.3 cm³/mol. The molecule has 0 saturated carbocycles. The molecule has 0 aromatic heterocycles. The normalized spacial score (nSPS) is 21.2. The van der Waals surface area contributed by atoms with Crippen molar-refractivity contribution in [3.8, 4) is 0 Å². The SMILES string of the molecule is Cc1cc(F)cc(C)c1S(=O)(=O)NC(C)C1CCCNC1. The lowest BCUT2D eigenvalue weighted by Crippen LogP contribution is -2.44. The van der Waals surface area contributed by atoms with Crippen LogP contribution in [0.5, 0.6) is 0 Å². The molecule has 0 amide bonds. The zero-order valence-electron chi connectivity index (χ0n) is 12.7. The summed E-state index contributed by atoms with van der Waals surface area (Å²) < 4.78 is 41.2. The molecule has 1 aliphatic heterocycles. The van der Waals surface area contributed by atoms with Crippen LogP contribution in [0.25, 0.3) is 0 Å². The van der Waals surface area contributed by atoms with E-state index < -0.39 is 15.8 Å². The summed E-state index contributed by atoms with van der Waals surface area (Å²) in [7, 11) is -3.63. The molecule has 0 spiro atoms. The summed E-state index contributed by atoms with van der Waals surface area (Å²) in [6.45, 7) is 6.95. The molecule has 118 valence electrons. The van der Waals surface area contributed by atoms with Gasteiger partial charge in [-0.15, -0.1) is 0 Å². The molecule has 2 atom stereocenters. The molecule has 0 radical (unpaired) electrons. The molecule has 1 aromatic carbocycles. The van der Waals surface area contributed by atoms with Crippen LogP contribution in [0.15, 0.2) is 17.0 Å². The van der Waals surface area contributed by atoms with Crippen LogP contribution in [0.1, 0.15) is 30.9 Å². The van der Waals surface area contributed by atoms with E-state index in [0.29, 0.717) is 11.1 Å². The fourth-order valence-electron chi connectivity index (χ4n) is 3.03. The minimum Gasteiger partial charge on any atom is -0.316 e. The maximum absolute atomic E-state index is 13.3. The third-order valence-corrected chi connectivity index (χ3v) is 5.94. The fraction of sp³-hybridized carbons (Fsp3) is 0.600. The Bertz CT molecular complexity index is 587. The zero-order valence-corrected chi connectivity index (χ0v) is 13.6. The highest BCUT2D eigenvalue weighted by atomic mass is 32.2. The van der Waals surface area contributed by atoms with E-state index in [4.69, 9.17) is 0 Å². The van der Waals surface area contributed by atoms with Crippen LogP contribution >= 0.6 is 0 Å². The van der Waals surface area contributed by atoms with E-state index in [1.807, 2.05) is 6.92 Å². The number of sulfonamides is 1. The Morgan fingerprint density at radius 2 is 1.95 bits per heavy atom. The van der Waals surface area contributed by atoms with Gasteiger partial charge >= 0.3 is 0 Å². The zero-order chi connectivity index (χ0) is 15.6. The van der Waals surface area contributed by atoms with Crippen molar-refractivity contribution >= 4 is 10.0 Å². The highest BCUT2D eigenvalue weighted by molar-refractivity contribution is 7.89. The van der Waals surface area contributed by atoms with Gasteiger partial charge in [0.2, 0.25) is 10.0 Å². The van der Waals surface area contributed by atoms with Crippen LogP contribution in [-0.4, -0.2) is 27.5 Å². The van der Waals surface area contributed by atoms with Crippen LogP contribution < -0.4 is 10.0 Å². The fourth-order valence-corrected chi connectivity index (χ4v) is 4.79. The molecule has 21 heavy (non-hydrogen) atoms. The Hall–Kier alpha value is -0.980. The van der Waals surface area contributed by atoms with Gasteiger partial charge in [-0.1, -0.05) is 0 Å². The van der Waals surface area contributed by atoms with Gasteiger partial charge < -0.3 is 5.32 Å². The molecule has 1 heterocycles. The van der Waals surface area contributed by atoms with Gasteiger partial charge in [0.15, 0.2) is 0 Å². The van der Waals surface area contributed by atoms with Crippen LogP contribution in [0.2, 0.25) is 0 Å². The van der Waals surface area contributed by atoms with Crippen LogP contribution in [-0.2, 0) is 10.0 Å². The van der Waals surface area contributed by atoms with E-state index in [9.17, 15) is 12.8 Å². The van der Waals surface area contributed by atoms with Crippen molar-refractivity contribution in [3.63, 3.8) is 0 Å². The first-order valence-corrected chi connectivity index (χ1v) is 8.79. The summed E-state index contributed by atoms with van der Waals surface area (Å²) in [6.07, 6.45) is 2.07. The lowest BCUT2D eigenvalue weighted by Gasteiger charge is -2.29. The molecule has 1 saturated heterocycles. The first-order valence-electron chi connectivity index (χ1n) is 7.31. The summed E-state index contributed by atoms with van der Waals surface area (Å²) in [5.74, 6) is -0.122. The molecule has 6 heteroatoms. The summed E-state index contributed by atoms with van der Waals surface area (Å²) in [4.78, 5) is 0.194. The van der Waals surface area contributed by atoms with Gasteiger partial charge in [0.1, 0.15) is 5.82 Å². The van der Waals surface area contributed by atoms with Gasteiger partial charge in [-0.25, -0.2) is 17.5 Å². The van der Waals surface area contributed by atoms with E-state index in [-0.39, 0.29) is 16.9 Å². The third-order valence-electron chi connectivity index (χ3n) is 4.08. The number of aryl methyl sites for hydroxylation is 2. The van der Waals surface area contributed by atoms with Crippen molar-refractivity contribution in [3.05, 3.63) is 29.1 Å². The second kappa shape index (κ2) is 6.42. The third kappa shape index (κ3) is 3.81. The summed E-state index contributed by atoms with van der Waals surface area (Å²) in [5.41, 5.74) is 0.878. The van der Waals surface area contributed by atoms with Gasteiger partial charge in [-0.2, -0.15) is 0 Å². The smallest absolute Gasteiger partial charge is 0.241 e. The number of benzene rings is 1. The molecule has 1 aliphatic rings. The number of nitrogens with one attached hydrogen (secondary N) is 2. The molecule has 2 unspecified atom stereocenters. The van der Waals surface area contributed by atoms with Crippen molar-refractivity contribution in [2.24, 2.45) is 5.92 Å². The Kier molecular flexibility index (Phi) is 5.01. The van der Waals surface area contributed by atoms with Crippen molar-refractivity contribution in [1.82, 2.24) is 10.0 Å². The predicted octanol–water partition coefficient (Wildman–Crippen LogP) is 2.11. The lowest BCUT2D eigenvalue weighted by molar-refractivity contribution is 0.320. The summed E-state index contributed by atoms with van der Waals surface area (Å²) >= 11 is 0. The summed E-state index contributed by atoms with van der Waals surface area (Å²) in [6, 6.07) is 2.37. The van der Waals surface area contributed by atoms with Gasteiger partial charge in [0.05, 0.1) is 4.90 Å². The van der Waals surface area contributed by atoms with Gasteiger partial charge in [-0.3, -0.25) is 0 Å². The highest BCUT2D eigenvalue weighted by Gasteiger charge is 2.27. The first-order chi connectivity index (χ1) is 9.81. The summed E-state index contributed by atoms with van der Waals surface area (Å²) in [5, 5.41) is 3.29. The Balaban J connectivity index is 2.22. The quantitative estimate of drug-likeness (QED) is 0.895. The van der Waals surface area contributed by atoms with Crippen LogP contribution in [0, 0.1) is 25.6 Å². The minimum atomic E-state index is -3.63. The largest absolute Gasteiger partial charge is 0.316 e. The molecule has 0 bridgehead atoms. The Morgan fingerprint density at radius 1 is 1.33 bits per heavy atom. The van der Waals surface area contributed by atoms with Crippen molar-refractivity contribution < 1.29 is 12.8 Å². The molecular formula is C15H23FN2O2S. The Labute approximate surface area is 126 Å². The van der Waals surface area contributed by atoms with Gasteiger partial charge in [0.25, 0.3) is 0 Å². The molecule has 1 aromatic rings. The van der Waals surface area contributed by atoms with E-state index in [2.05, 4.69) is 10.0 Å². The van der Waals surface area contributed by atoms with E-state index in [1.54, 1.807) is 13.8 Å². The molecule has 1 fully saturated rings. The number of piperidine rings is 1. The average molecular weight is 314 g/mol. The monoisotopic (exact) mass is 314 g/mol. The second-order valence-corrected chi connectivity index (χ2v) is 7.54. The van der Waals surface area contributed by atoms with E-state index in [0.717, 1.165) is 25.9 Å². The lowest BCUT2D eigenvalue weighted by atomic mass is 9.94. The molecular weight excluding hydrogens is 291 g/mol. The molecule has 2 rings (SSSR count). The molecule has 0 aliphatic carbocycles. The number of hydrogen-bond acceptors (Lipinski definition) is 3. The topological polar surface area (TPSA) is 58.2 Å². The van der Waals surface area contributed by atoms with Crippen molar-refractivity contribution in [2.75, 3.05) is 13.1 Å². The van der Waals surface area contributed by atoms with Gasteiger partial charge in [-0.05, 0) is 75.9 Å². The van der Waals surface area contributed by atoms with E-state index in [1.165, 1.54) is 12.1 Å². The van der Waals surface area contributed by atoms with Crippen molar-refractivity contribution in [1.29, 1.82) is 0 Å². The van der Waals surface area contributed by atoms with Crippen LogP contribution in [0.3, 0.4) is 0 Å². The second-order valence-electron chi connectivity index (χ2n) is 5.89. The van der Waals surface area contributed by atoms with E-state index >= 15 is 0 Å². The number of halogens is 1. The van der Waals surface area contributed by atoms with Gasteiger partial charge in [0, 0.05) is 6.04 Å². The minimum absolute atomic E-state index is 0.147. The standard InChI is InChI=1S/C15H23FN2O2S/c1-10-7-14(16)8-11(2)15(10)21(19,20)18-12(3)13-5-4-6-17-9-13/h7-8,12-13,17-18H,4-6,9H2,1-3H3. The first kappa shape index (κ1) is 16.4. The maximum Gasteiger partial charge on any atom is 0.241 e. The highest BCUT2D eigenvalue weighted by Crippen LogP contribution is 2.23. The average Bonchev–Trinajstić information content (AvgIpc) is 2.37. The number of rotatable bonds is 4. The van der Waals surface area contributed by atoms with Crippen LogP contribution in [0.4, 0.5) is 4.39 Å². The molecule has 4 nitrogen and oxygen atoms in total. The van der Waals surface area contributed by atoms with Crippen molar-refractivity contribution in [2.45, 2.75) is 44.6 Å². The Morgan fingerprint density at radius 3 is 2.48 bits per heavy atom.